The van der Waals surface area contributed by atoms with Crippen LogP contribution in [0, 0.1) is 5.92 Å². The van der Waals surface area contributed by atoms with Crippen LogP contribution in [0.25, 0.3) is 0 Å². The molecule has 1 unspecified atom stereocenters. The Bertz CT molecular complexity index is 962. The van der Waals surface area contributed by atoms with Crippen LogP contribution in [0.2, 0.25) is 0 Å². The molecular formula is C23H29F3N4O2S. The number of benzene rings is 1. The van der Waals surface area contributed by atoms with Crippen molar-refractivity contribution in [3.8, 4) is 5.75 Å². The molecule has 3 fully saturated rings. The van der Waals surface area contributed by atoms with Crippen molar-refractivity contribution in [2.24, 2.45) is 13.0 Å². The lowest BCUT2D eigenvalue weighted by Crippen LogP contribution is -2.28. The lowest BCUT2D eigenvalue weighted by molar-refractivity contribution is -0.274. The molecule has 1 aromatic carbocycles. The van der Waals surface area contributed by atoms with E-state index in [1.807, 2.05) is 0 Å². The molecule has 3 heterocycles. The molecule has 0 radical (unpaired) electrons. The summed E-state index contributed by atoms with van der Waals surface area (Å²) in [6.45, 7) is 4.64. The van der Waals surface area contributed by atoms with Crippen molar-refractivity contribution >= 4 is 11.8 Å². The molecule has 2 saturated heterocycles. The van der Waals surface area contributed by atoms with Gasteiger partial charge in [-0.3, -0.25) is 0 Å². The van der Waals surface area contributed by atoms with Gasteiger partial charge in [0.05, 0.1) is 0 Å². The lowest BCUT2D eigenvalue weighted by atomic mass is 9.95. The first kappa shape index (κ1) is 23.0. The highest BCUT2D eigenvalue weighted by Gasteiger charge is 2.60. The molecule has 0 N–H and O–H groups in total. The van der Waals surface area contributed by atoms with Gasteiger partial charge in [-0.1, -0.05) is 23.9 Å². The molecular weight excluding hydrogens is 453 g/mol. The third kappa shape index (κ3) is 5.02. The molecule has 0 spiro atoms. The minimum absolute atomic E-state index is 0.103. The highest BCUT2D eigenvalue weighted by molar-refractivity contribution is 7.99. The predicted molar refractivity (Wildman–Crippen MR) is 118 cm³/mol. The van der Waals surface area contributed by atoms with Crippen LogP contribution in [0.4, 0.5) is 13.2 Å². The van der Waals surface area contributed by atoms with E-state index in [9.17, 15) is 13.2 Å². The predicted octanol–water partition coefficient (Wildman–Crippen LogP) is 4.36. The van der Waals surface area contributed by atoms with Gasteiger partial charge in [0.2, 0.25) is 0 Å². The van der Waals surface area contributed by atoms with E-state index >= 15 is 0 Å². The van der Waals surface area contributed by atoms with Crippen LogP contribution in [0.3, 0.4) is 0 Å². The summed E-state index contributed by atoms with van der Waals surface area (Å²) < 4.78 is 48.8. The molecule has 0 amide bonds. The summed E-state index contributed by atoms with van der Waals surface area (Å²) in [6, 6.07) is 6.46. The average Bonchev–Trinajstić information content (AvgIpc) is 3.16. The van der Waals surface area contributed by atoms with E-state index in [0.29, 0.717) is 11.8 Å². The second kappa shape index (κ2) is 9.11. The standard InChI is InChI=1S/C23H29F3N4O2S/c1-29-20(16-7-10-31-11-8-16)27-28-21(29)33-12-2-9-30-14-18-13-22(18,15-30)17-3-5-19(6-4-17)32-23(24,25)26/h3-6,16,18H,2,7-15H2,1H3/t18-,22?/m1/s1. The smallest absolute Gasteiger partial charge is 0.406 e. The number of likely N-dealkylation sites (tertiary alicyclic amines) is 1. The number of alkyl halides is 3. The quantitative estimate of drug-likeness (QED) is 0.412. The summed E-state index contributed by atoms with van der Waals surface area (Å²) in [5.74, 6) is 2.93. The minimum atomic E-state index is -4.65. The summed E-state index contributed by atoms with van der Waals surface area (Å²) in [7, 11) is 2.05. The largest absolute Gasteiger partial charge is 0.573 e. The van der Waals surface area contributed by atoms with Crippen LogP contribution in [0.15, 0.2) is 29.4 Å². The fourth-order valence-corrected chi connectivity index (χ4v) is 6.25. The molecule has 5 rings (SSSR count). The van der Waals surface area contributed by atoms with Crippen molar-refractivity contribution in [1.29, 1.82) is 0 Å². The van der Waals surface area contributed by atoms with Crippen LogP contribution in [0.1, 0.15) is 43.0 Å². The Balaban J connectivity index is 1.08. The Morgan fingerprint density at radius 3 is 2.67 bits per heavy atom. The number of piperidine rings is 1. The normalized spacial score (nSPS) is 25.9. The van der Waals surface area contributed by atoms with Gasteiger partial charge in [0.25, 0.3) is 0 Å². The van der Waals surface area contributed by atoms with Gasteiger partial charge < -0.3 is 18.9 Å². The Kier molecular flexibility index (Phi) is 6.35. The Hall–Kier alpha value is -1.78. The maximum atomic E-state index is 12.4. The molecule has 2 atom stereocenters. The number of hydrogen-bond acceptors (Lipinski definition) is 6. The first-order valence-corrected chi connectivity index (χ1v) is 12.5. The number of rotatable bonds is 8. The molecule has 1 aliphatic carbocycles. The average molecular weight is 483 g/mol. The van der Waals surface area contributed by atoms with Gasteiger partial charge in [0.15, 0.2) is 5.16 Å². The summed E-state index contributed by atoms with van der Waals surface area (Å²) in [4.78, 5) is 2.49. The van der Waals surface area contributed by atoms with Crippen molar-refractivity contribution in [2.75, 3.05) is 38.6 Å². The zero-order valence-electron chi connectivity index (χ0n) is 18.7. The molecule has 1 aromatic heterocycles. The van der Waals surface area contributed by atoms with E-state index < -0.39 is 6.36 Å². The van der Waals surface area contributed by atoms with Crippen LogP contribution in [-0.2, 0) is 17.2 Å². The molecule has 2 aromatic rings. The maximum absolute atomic E-state index is 12.4. The lowest BCUT2D eigenvalue weighted by Gasteiger charge is -2.21. The van der Waals surface area contributed by atoms with Crippen molar-refractivity contribution in [3.63, 3.8) is 0 Å². The van der Waals surface area contributed by atoms with Gasteiger partial charge in [-0.2, -0.15) is 0 Å². The van der Waals surface area contributed by atoms with Crippen molar-refractivity contribution < 1.29 is 22.6 Å². The van der Waals surface area contributed by atoms with Crippen LogP contribution < -0.4 is 4.74 Å². The van der Waals surface area contributed by atoms with Gasteiger partial charge in [0.1, 0.15) is 11.6 Å². The number of nitrogens with zero attached hydrogens (tertiary/aromatic N) is 4. The number of fused-ring (bicyclic) bond motifs is 1. The fourth-order valence-electron chi connectivity index (χ4n) is 5.41. The van der Waals surface area contributed by atoms with E-state index in [4.69, 9.17) is 4.74 Å². The number of aromatic nitrogens is 3. The molecule has 10 heteroatoms. The molecule has 33 heavy (non-hydrogen) atoms. The monoisotopic (exact) mass is 482 g/mol. The van der Waals surface area contributed by atoms with Crippen LogP contribution >= 0.6 is 11.8 Å². The third-order valence-electron chi connectivity index (χ3n) is 7.18. The number of thioether (sulfide) groups is 1. The Labute approximate surface area is 195 Å². The van der Waals surface area contributed by atoms with Crippen molar-refractivity contribution in [1.82, 2.24) is 19.7 Å². The Morgan fingerprint density at radius 1 is 1.18 bits per heavy atom. The summed E-state index contributed by atoms with van der Waals surface area (Å²) in [5.41, 5.74) is 1.23. The zero-order valence-corrected chi connectivity index (χ0v) is 19.5. The third-order valence-corrected chi connectivity index (χ3v) is 8.29. The fraction of sp³-hybridized carbons (Fsp3) is 0.652. The molecule has 6 nitrogen and oxygen atoms in total. The van der Waals surface area contributed by atoms with Crippen LogP contribution in [0.5, 0.6) is 5.75 Å². The highest BCUT2D eigenvalue weighted by atomic mass is 32.2. The number of hydrogen-bond donors (Lipinski definition) is 0. The molecule has 1 saturated carbocycles. The summed E-state index contributed by atoms with van der Waals surface area (Å²) in [5, 5.41) is 9.81. The highest BCUT2D eigenvalue weighted by Crippen LogP contribution is 2.59. The van der Waals surface area contributed by atoms with Gasteiger partial charge in [-0.15, -0.1) is 23.4 Å². The maximum Gasteiger partial charge on any atom is 0.573 e. The first-order valence-electron chi connectivity index (χ1n) is 11.5. The van der Waals surface area contributed by atoms with E-state index in [-0.39, 0.29) is 11.2 Å². The van der Waals surface area contributed by atoms with Gasteiger partial charge in [-0.25, -0.2) is 0 Å². The van der Waals surface area contributed by atoms with Crippen molar-refractivity contribution in [3.05, 3.63) is 35.7 Å². The minimum Gasteiger partial charge on any atom is -0.406 e. The van der Waals surface area contributed by atoms with Gasteiger partial charge in [0, 0.05) is 50.4 Å². The summed E-state index contributed by atoms with van der Waals surface area (Å²) >= 11 is 1.75. The van der Waals surface area contributed by atoms with Crippen molar-refractivity contribution in [2.45, 2.75) is 48.5 Å². The zero-order chi connectivity index (χ0) is 23.1. The SMILES string of the molecule is Cn1c(SCCCN2C[C@H]3CC3(c3ccc(OC(F)(F)F)cc3)C2)nnc1C1CCOCC1. The molecule has 180 valence electrons. The first-order chi connectivity index (χ1) is 15.8. The topological polar surface area (TPSA) is 52.4 Å². The number of ether oxygens (including phenoxy) is 2. The van der Waals surface area contributed by atoms with Crippen LogP contribution in [-0.4, -0.2) is 64.6 Å². The second-order valence-corrected chi connectivity index (χ2v) is 10.4. The number of halogens is 3. The van der Waals surface area contributed by atoms with E-state index in [1.165, 1.54) is 12.1 Å². The van der Waals surface area contributed by atoms with E-state index in [1.54, 1.807) is 23.9 Å². The van der Waals surface area contributed by atoms with E-state index in [0.717, 1.165) is 80.8 Å². The van der Waals surface area contributed by atoms with Gasteiger partial charge in [-0.05, 0) is 55.8 Å². The second-order valence-electron chi connectivity index (χ2n) is 9.35. The summed E-state index contributed by atoms with van der Waals surface area (Å²) in [6.07, 6.45) is -0.461. The van der Waals surface area contributed by atoms with E-state index in [2.05, 4.69) is 31.4 Å². The molecule has 0 bridgehead atoms. The molecule has 2 aliphatic heterocycles. The molecule has 3 aliphatic rings. The Morgan fingerprint density at radius 2 is 1.94 bits per heavy atom. The van der Waals surface area contributed by atoms with Gasteiger partial charge >= 0.3 is 6.36 Å².